The first-order valence-electron chi connectivity index (χ1n) is 8.10. The number of rotatable bonds is 4. The molecule has 0 fully saturated rings. The Bertz CT molecular complexity index is 1070. The molecule has 27 heavy (non-hydrogen) atoms. The van der Waals surface area contributed by atoms with Crippen molar-refractivity contribution in [2.24, 2.45) is 17.3 Å². The highest BCUT2D eigenvalue weighted by atomic mass is 35.5. The van der Waals surface area contributed by atoms with Crippen LogP contribution >= 0.6 is 11.6 Å². The van der Waals surface area contributed by atoms with E-state index in [9.17, 15) is 4.39 Å². The average molecular weight is 385 g/mol. The second-order valence-electron chi connectivity index (χ2n) is 5.95. The van der Waals surface area contributed by atoms with E-state index < -0.39 is 6.67 Å². The molecule has 1 aromatic carbocycles. The molecule has 0 saturated heterocycles. The van der Waals surface area contributed by atoms with Crippen LogP contribution in [0.1, 0.15) is 11.4 Å². The topological polar surface area (TPSA) is 81.4 Å². The summed E-state index contributed by atoms with van der Waals surface area (Å²) in [6.45, 7) is 4.57. The molecular weight excluding hydrogens is 367 g/mol. The third-order valence-electron chi connectivity index (χ3n) is 4.06. The monoisotopic (exact) mass is 384 g/mol. The molecule has 0 saturated carbocycles. The van der Waals surface area contributed by atoms with E-state index in [1.54, 1.807) is 36.7 Å². The van der Waals surface area contributed by atoms with Crippen molar-refractivity contribution in [3.63, 3.8) is 0 Å². The Kier molecular flexibility index (Phi) is 5.32. The molecule has 0 spiro atoms. The van der Waals surface area contributed by atoms with Crippen LogP contribution in [0.3, 0.4) is 0 Å². The minimum atomic E-state index is -0.675. The molecule has 2 aromatic heterocycles. The molecule has 6 nitrogen and oxygen atoms in total. The average Bonchev–Trinajstić information content (AvgIpc) is 2.65. The standard InChI is InChI=1S/C19H18ClFN6/c1-11-8-13(9-15(10-21)24-11)16-17(12-4-6-14(20)7-5-12)25-19(22)27(3)18(16)26-23-2/h4-9H,2,10H2,1,3H3,(H2,22,25)/b26-18-. The van der Waals surface area contributed by atoms with Gasteiger partial charge >= 0.3 is 0 Å². The predicted molar refractivity (Wildman–Crippen MR) is 106 cm³/mol. The fraction of sp³-hybridized carbons (Fsp3) is 0.158. The smallest absolute Gasteiger partial charge is 0.202 e. The van der Waals surface area contributed by atoms with Crippen molar-refractivity contribution in [1.82, 2.24) is 14.5 Å². The van der Waals surface area contributed by atoms with Gasteiger partial charge in [-0.15, -0.1) is 5.10 Å². The molecule has 0 aliphatic carbocycles. The minimum absolute atomic E-state index is 0.252. The maximum atomic E-state index is 13.3. The number of pyridine rings is 1. The molecule has 0 amide bonds. The van der Waals surface area contributed by atoms with Gasteiger partial charge in [-0.2, -0.15) is 5.10 Å². The molecular formula is C19H18ClFN6. The molecule has 138 valence electrons. The van der Waals surface area contributed by atoms with Gasteiger partial charge in [0, 0.05) is 30.0 Å². The second-order valence-corrected chi connectivity index (χ2v) is 6.38. The van der Waals surface area contributed by atoms with Gasteiger partial charge in [0.05, 0.1) is 17.0 Å². The van der Waals surface area contributed by atoms with Gasteiger partial charge < -0.3 is 5.73 Å². The summed E-state index contributed by atoms with van der Waals surface area (Å²) in [5.41, 5.74) is 10.3. The predicted octanol–water partition coefficient (Wildman–Crippen LogP) is 3.68. The van der Waals surface area contributed by atoms with Gasteiger partial charge in [-0.05, 0) is 36.8 Å². The fourth-order valence-electron chi connectivity index (χ4n) is 2.84. The van der Waals surface area contributed by atoms with Crippen LogP contribution in [0, 0.1) is 6.92 Å². The van der Waals surface area contributed by atoms with Gasteiger partial charge in [-0.1, -0.05) is 23.7 Å². The second kappa shape index (κ2) is 7.67. The molecule has 0 radical (unpaired) electrons. The number of alkyl halides is 1. The van der Waals surface area contributed by atoms with Gasteiger partial charge in [0.25, 0.3) is 0 Å². The summed E-state index contributed by atoms with van der Waals surface area (Å²) in [6.07, 6.45) is 0. The normalized spacial score (nSPS) is 11.6. The highest BCUT2D eigenvalue weighted by Gasteiger charge is 2.17. The van der Waals surface area contributed by atoms with Crippen LogP contribution in [0.5, 0.6) is 0 Å². The summed E-state index contributed by atoms with van der Waals surface area (Å²) in [5.74, 6) is 0.252. The van der Waals surface area contributed by atoms with E-state index in [0.717, 1.165) is 5.56 Å². The number of hydrogen-bond acceptors (Lipinski definition) is 5. The van der Waals surface area contributed by atoms with E-state index in [0.29, 0.717) is 38.7 Å². The molecule has 8 heteroatoms. The van der Waals surface area contributed by atoms with E-state index in [2.05, 4.69) is 26.9 Å². The summed E-state index contributed by atoms with van der Waals surface area (Å²) in [5, 5.41) is 8.42. The van der Waals surface area contributed by atoms with Crippen molar-refractivity contribution in [3.8, 4) is 22.4 Å². The first-order valence-corrected chi connectivity index (χ1v) is 8.48. The zero-order chi connectivity index (χ0) is 19.6. The molecule has 3 rings (SSSR count). The zero-order valence-corrected chi connectivity index (χ0v) is 15.7. The number of hydrogen-bond donors (Lipinski definition) is 1. The fourth-order valence-corrected chi connectivity index (χ4v) is 2.97. The molecule has 0 unspecified atom stereocenters. The number of nitrogens with two attached hydrogens (primary N) is 1. The van der Waals surface area contributed by atoms with Crippen LogP contribution in [0.2, 0.25) is 5.02 Å². The summed E-state index contributed by atoms with van der Waals surface area (Å²) in [6, 6.07) is 10.7. The lowest BCUT2D eigenvalue weighted by molar-refractivity contribution is 0.475. The summed E-state index contributed by atoms with van der Waals surface area (Å²) in [7, 11) is 1.73. The van der Waals surface area contributed by atoms with Crippen LogP contribution in [0.25, 0.3) is 22.4 Å². The lowest BCUT2D eigenvalue weighted by atomic mass is 9.99. The first kappa shape index (κ1) is 18.7. The maximum Gasteiger partial charge on any atom is 0.202 e. The quantitative estimate of drug-likeness (QED) is 0.550. The Balaban J connectivity index is 2.45. The molecule has 2 heterocycles. The van der Waals surface area contributed by atoms with Crippen molar-refractivity contribution in [2.45, 2.75) is 13.6 Å². The van der Waals surface area contributed by atoms with Crippen LogP contribution in [0.4, 0.5) is 10.3 Å². The van der Waals surface area contributed by atoms with Gasteiger partial charge in [0.1, 0.15) is 6.67 Å². The third-order valence-corrected chi connectivity index (χ3v) is 4.32. The SMILES string of the molecule is C=N/N=c1/c(-c2cc(C)nc(CF)c2)c(-c2ccc(Cl)cc2)nc(N)n1C. The highest BCUT2D eigenvalue weighted by molar-refractivity contribution is 6.30. The van der Waals surface area contributed by atoms with Crippen molar-refractivity contribution in [3.05, 3.63) is 58.3 Å². The van der Waals surface area contributed by atoms with Gasteiger partial charge in [0.2, 0.25) is 5.95 Å². The van der Waals surface area contributed by atoms with Crippen molar-refractivity contribution in [2.75, 3.05) is 5.73 Å². The van der Waals surface area contributed by atoms with Crippen molar-refractivity contribution >= 4 is 24.3 Å². The Morgan fingerprint density at radius 2 is 1.89 bits per heavy atom. The maximum absolute atomic E-state index is 13.3. The van der Waals surface area contributed by atoms with Crippen LogP contribution in [-0.2, 0) is 13.7 Å². The molecule has 3 aromatic rings. The number of aryl methyl sites for hydroxylation is 1. The number of benzene rings is 1. The first-order chi connectivity index (χ1) is 12.9. The molecule has 0 bridgehead atoms. The van der Waals surface area contributed by atoms with Crippen molar-refractivity contribution < 1.29 is 4.39 Å². The Hall–Kier alpha value is -3.06. The third kappa shape index (κ3) is 3.73. The van der Waals surface area contributed by atoms with E-state index in [4.69, 9.17) is 17.3 Å². The van der Waals surface area contributed by atoms with Gasteiger partial charge in [0.15, 0.2) is 5.49 Å². The zero-order valence-electron chi connectivity index (χ0n) is 14.9. The van der Waals surface area contributed by atoms with Gasteiger partial charge in [-0.25, -0.2) is 9.37 Å². The van der Waals surface area contributed by atoms with Gasteiger partial charge in [-0.3, -0.25) is 9.55 Å². The summed E-state index contributed by atoms with van der Waals surface area (Å²) < 4.78 is 14.9. The summed E-state index contributed by atoms with van der Waals surface area (Å²) in [4.78, 5) is 8.74. The molecule has 2 N–H and O–H groups in total. The van der Waals surface area contributed by atoms with E-state index in [1.165, 1.54) is 0 Å². The van der Waals surface area contributed by atoms with E-state index >= 15 is 0 Å². The Labute approximate surface area is 160 Å². The van der Waals surface area contributed by atoms with E-state index in [1.807, 2.05) is 18.2 Å². The minimum Gasteiger partial charge on any atom is -0.369 e. The Morgan fingerprint density at radius 1 is 1.19 bits per heavy atom. The number of aromatic nitrogens is 3. The highest BCUT2D eigenvalue weighted by Crippen LogP contribution is 2.30. The largest absolute Gasteiger partial charge is 0.369 e. The lowest BCUT2D eigenvalue weighted by Crippen LogP contribution is -2.25. The van der Waals surface area contributed by atoms with Crippen molar-refractivity contribution in [1.29, 1.82) is 0 Å². The van der Waals surface area contributed by atoms with E-state index in [-0.39, 0.29) is 5.95 Å². The molecule has 0 aliphatic heterocycles. The van der Waals surface area contributed by atoms with Crippen LogP contribution in [0.15, 0.2) is 46.6 Å². The number of nitrogen functional groups attached to an aromatic ring is 1. The Morgan fingerprint density at radius 3 is 2.52 bits per heavy atom. The lowest BCUT2D eigenvalue weighted by Gasteiger charge is -2.15. The number of nitrogens with zero attached hydrogens (tertiary/aromatic N) is 5. The van der Waals surface area contributed by atoms with Crippen LogP contribution < -0.4 is 11.2 Å². The summed E-state index contributed by atoms with van der Waals surface area (Å²) >= 11 is 6.01. The number of anilines is 1. The molecule has 0 atom stereocenters. The van der Waals surface area contributed by atoms with Crippen LogP contribution in [-0.4, -0.2) is 21.3 Å². The number of halogens is 2. The molecule has 0 aliphatic rings.